The molecule has 0 spiro atoms. The van der Waals surface area contributed by atoms with Crippen LogP contribution in [-0.2, 0) is 52.4 Å². The minimum atomic E-state index is -1.63. The quantitative estimate of drug-likeness (QED) is 0.127. The Labute approximate surface area is 188 Å². The summed E-state index contributed by atoms with van der Waals surface area (Å²) < 4.78 is 0. The van der Waals surface area contributed by atoms with Crippen molar-refractivity contribution in [2.75, 3.05) is 26.4 Å². The minimum absolute atomic E-state index is 0. The van der Waals surface area contributed by atoms with Gasteiger partial charge in [0.1, 0.15) is 0 Å². The van der Waals surface area contributed by atoms with Crippen LogP contribution in [0.5, 0.6) is 0 Å². The number of carbonyl (C=O) groups is 4. The van der Waals surface area contributed by atoms with Crippen LogP contribution in [0.25, 0.3) is 0 Å². The van der Waals surface area contributed by atoms with Gasteiger partial charge in [-0.1, -0.05) is 0 Å². The van der Waals surface area contributed by atoms with E-state index in [0.717, 1.165) is 0 Å². The Morgan fingerprint density at radius 3 is 0.567 bits per heavy atom. The van der Waals surface area contributed by atoms with E-state index >= 15 is 0 Å². The van der Waals surface area contributed by atoms with Crippen molar-refractivity contribution in [3.8, 4) is 0 Å². The van der Waals surface area contributed by atoms with Crippen LogP contribution in [0.4, 0.5) is 0 Å². The maximum absolute atomic E-state index is 9.52. The van der Waals surface area contributed by atoms with E-state index in [4.69, 9.17) is 61.3 Å². The van der Waals surface area contributed by atoms with Crippen LogP contribution < -0.4 is 0 Å². The molecule has 0 rings (SSSR count). The van der Waals surface area contributed by atoms with Crippen LogP contribution in [0.3, 0.4) is 0 Å². The van der Waals surface area contributed by atoms with Gasteiger partial charge in [-0.2, -0.15) is 0 Å². The Bertz CT molecular complexity index is 370. The van der Waals surface area contributed by atoms with Gasteiger partial charge >= 0.3 is 23.9 Å². The molecule has 0 aliphatic rings. The van der Waals surface area contributed by atoms with Gasteiger partial charge in [0.2, 0.25) is 0 Å². The second-order valence-electron chi connectivity index (χ2n) is 4.15. The number of aliphatic hydroxyl groups is 8. The molecule has 0 fully saturated rings. The Balaban J connectivity index is -0.0000000626. The fourth-order valence-corrected chi connectivity index (χ4v) is 0.312. The van der Waals surface area contributed by atoms with Gasteiger partial charge in [-0.05, 0) is 0 Å². The molecule has 0 aromatic rings. The van der Waals surface area contributed by atoms with Gasteiger partial charge < -0.3 is 61.3 Å². The molecule has 16 nitrogen and oxygen atoms in total. The van der Waals surface area contributed by atoms with Crippen molar-refractivity contribution in [2.24, 2.45) is 0 Å². The zero-order valence-corrected chi connectivity index (χ0v) is 16.8. The average molecular weight is 542 g/mol. The van der Waals surface area contributed by atoms with E-state index in [1.165, 1.54) is 0 Å². The van der Waals surface area contributed by atoms with Crippen LogP contribution in [0.2, 0.25) is 0 Å². The molecule has 0 heterocycles. The molecule has 4 unspecified atom stereocenters. The normalized spacial score (nSPS) is 12.5. The number of rotatable bonds is 8. The van der Waals surface area contributed by atoms with E-state index in [0.29, 0.717) is 0 Å². The number of aliphatic carboxylic acids is 4. The van der Waals surface area contributed by atoms with Crippen molar-refractivity contribution >= 4 is 23.9 Å². The van der Waals surface area contributed by atoms with Gasteiger partial charge in [0, 0.05) is 33.3 Å². The van der Waals surface area contributed by atoms with Crippen molar-refractivity contribution in [3.63, 3.8) is 0 Å². The molecule has 0 aliphatic heterocycles. The van der Waals surface area contributed by atoms with Crippen molar-refractivity contribution in [3.05, 3.63) is 0 Å². The smallest absolute Gasteiger partial charge is 0.334 e. The van der Waals surface area contributed by atoms with Crippen LogP contribution in [0.15, 0.2) is 0 Å². The van der Waals surface area contributed by atoms with Crippen LogP contribution >= 0.6 is 0 Å². The second-order valence-corrected chi connectivity index (χ2v) is 4.15. The minimum Gasteiger partial charge on any atom is -0.479 e. The summed E-state index contributed by atoms with van der Waals surface area (Å²) in [4.78, 5) is 38.1. The molecule has 12 N–H and O–H groups in total. The molecule has 0 saturated carbocycles. The molecular formula is C12H24CoNiO16. The van der Waals surface area contributed by atoms with Gasteiger partial charge in [0.25, 0.3) is 0 Å². The monoisotopic (exact) mass is 541 g/mol. The van der Waals surface area contributed by atoms with E-state index in [-0.39, 0.29) is 33.3 Å². The summed E-state index contributed by atoms with van der Waals surface area (Å²) in [6, 6.07) is 0. The first-order chi connectivity index (χ1) is 12.7. The average Bonchev–Trinajstić information content (AvgIpc) is 2.66. The van der Waals surface area contributed by atoms with E-state index in [9.17, 15) is 19.2 Å². The van der Waals surface area contributed by atoms with Crippen molar-refractivity contribution in [2.45, 2.75) is 24.4 Å². The van der Waals surface area contributed by atoms with Crippen molar-refractivity contribution < 1.29 is 114 Å². The molecule has 187 valence electrons. The van der Waals surface area contributed by atoms with Gasteiger partial charge in [-0.25, -0.2) is 19.2 Å². The number of carboxylic acids is 4. The Morgan fingerprint density at radius 1 is 0.467 bits per heavy atom. The van der Waals surface area contributed by atoms with Crippen LogP contribution in [0.1, 0.15) is 0 Å². The zero-order valence-electron chi connectivity index (χ0n) is 14.8. The first kappa shape index (κ1) is 42.6. The molecule has 0 aromatic heterocycles. The first-order valence-corrected chi connectivity index (χ1v) is 6.80. The van der Waals surface area contributed by atoms with E-state index in [1.807, 2.05) is 0 Å². The molecule has 18 heteroatoms. The van der Waals surface area contributed by atoms with Crippen molar-refractivity contribution in [1.29, 1.82) is 0 Å². The maximum atomic E-state index is 9.52. The van der Waals surface area contributed by atoms with Gasteiger partial charge in [-0.3, -0.25) is 0 Å². The summed E-state index contributed by atoms with van der Waals surface area (Å²) in [6.07, 6.45) is -6.50. The number of carboxylic acid groups (broad SMARTS) is 4. The Kier molecular flexibility index (Phi) is 39.2. The SMILES string of the molecule is O=C(O)C(O)CO.O=C(O)C(O)CO.O=C(O)C(O)CO.O=C(O)C(O)CO.[Co].[Ni]. The van der Waals surface area contributed by atoms with Crippen LogP contribution in [0, 0.1) is 0 Å². The van der Waals surface area contributed by atoms with E-state index in [2.05, 4.69) is 0 Å². The predicted octanol–water partition coefficient (Wildman–Crippen LogP) is -6.31. The standard InChI is InChI=1S/4C3H6O4.Co.Ni/c4*4-1-2(5)3(6)7;;/h4*2,4-5H,1H2,(H,6,7);;. The summed E-state index contributed by atoms with van der Waals surface area (Å²) >= 11 is 0. The molecule has 0 aliphatic carbocycles. The summed E-state index contributed by atoms with van der Waals surface area (Å²) in [7, 11) is 0. The van der Waals surface area contributed by atoms with Gasteiger partial charge in [0.15, 0.2) is 24.4 Å². The summed E-state index contributed by atoms with van der Waals surface area (Å²) in [6.45, 7) is -2.91. The molecule has 0 bridgehead atoms. The molecule has 4 atom stereocenters. The van der Waals surface area contributed by atoms with Crippen LogP contribution in [-0.4, -0.2) is 136 Å². The number of hydrogen-bond donors (Lipinski definition) is 12. The van der Waals surface area contributed by atoms with Gasteiger partial charge in [-0.15, -0.1) is 0 Å². The van der Waals surface area contributed by atoms with Gasteiger partial charge in [0.05, 0.1) is 26.4 Å². The molecule has 30 heavy (non-hydrogen) atoms. The predicted molar refractivity (Wildman–Crippen MR) is 82.9 cm³/mol. The summed E-state index contributed by atoms with van der Waals surface area (Å²) in [5.74, 6) is -5.60. The number of hydrogen-bond acceptors (Lipinski definition) is 12. The third-order valence-corrected chi connectivity index (χ3v) is 1.83. The van der Waals surface area contributed by atoms with E-state index in [1.54, 1.807) is 0 Å². The molecule has 0 amide bonds. The third-order valence-electron chi connectivity index (χ3n) is 1.83. The Morgan fingerprint density at radius 2 is 0.567 bits per heavy atom. The van der Waals surface area contributed by atoms with Crippen molar-refractivity contribution in [1.82, 2.24) is 0 Å². The Hall–Kier alpha value is -1.44. The fourth-order valence-electron chi connectivity index (χ4n) is 0.312. The number of aliphatic hydroxyl groups excluding tert-OH is 8. The largest absolute Gasteiger partial charge is 0.479 e. The summed E-state index contributed by atoms with van der Waals surface area (Å²) in [5.41, 5.74) is 0. The summed E-state index contributed by atoms with van der Waals surface area (Å²) in [5, 5.41) is 94.9. The molecule has 1 radical (unpaired) electrons. The topological polar surface area (TPSA) is 311 Å². The third kappa shape index (κ3) is 34.1. The molecular weight excluding hydrogens is 518 g/mol. The molecule has 0 aromatic carbocycles. The second kappa shape index (κ2) is 27.6. The fraction of sp³-hybridized carbons (Fsp3) is 0.667. The molecule has 0 saturated heterocycles. The maximum Gasteiger partial charge on any atom is 0.334 e. The van der Waals surface area contributed by atoms with E-state index < -0.39 is 74.7 Å². The first-order valence-electron chi connectivity index (χ1n) is 6.80. The zero-order chi connectivity index (χ0) is 23.4.